The lowest BCUT2D eigenvalue weighted by molar-refractivity contribution is 0.0998. The van der Waals surface area contributed by atoms with Crippen molar-refractivity contribution in [2.24, 2.45) is 0 Å². The van der Waals surface area contributed by atoms with Gasteiger partial charge in [0.05, 0.1) is 12.6 Å². The Morgan fingerprint density at radius 2 is 2.00 bits per heavy atom. The quantitative estimate of drug-likeness (QED) is 0.589. The number of fused-ring (bicyclic) bond motifs is 2. The highest BCUT2D eigenvalue weighted by Crippen LogP contribution is 2.29. The summed E-state index contributed by atoms with van der Waals surface area (Å²) >= 11 is 0. The van der Waals surface area contributed by atoms with Gasteiger partial charge in [-0.15, -0.1) is 0 Å². The van der Waals surface area contributed by atoms with Crippen molar-refractivity contribution in [3.8, 4) is 5.75 Å². The van der Waals surface area contributed by atoms with Crippen molar-refractivity contribution in [3.05, 3.63) is 70.2 Å². The molecule has 0 aliphatic rings. The number of nitrogens with one attached hydrogen (secondary N) is 2. The van der Waals surface area contributed by atoms with Gasteiger partial charge >= 0.3 is 0 Å². The summed E-state index contributed by atoms with van der Waals surface area (Å²) in [5.41, 5.74) is 2.46. The fourth-order valence-corrected chi connectivity index (χ4v) is 3.01. The molecule has 2 aromatic heterocycles. The molecule has 130 valence electrons. The van der Waals surface area contributed by atoms with E-state index >= 15 is 0 Å². The van der Waals surface area contributed by atoms with Gasteiger partial charge in [0.1, 0.15) is 0 Å². The number of H-pyrrole nitrogens is 1. The van der Waals surface area contributed by atoms with E-state index in [0.29, 0.717) is 22.5 Å². The van der Waals surface area contributed by atoms with Crippen LogP contribution < -0.4 is 15.6 Å². The summed E-state index contributed by atoms with van der Waals surface area (Å²) < 4.78 is 10.9. The number of aryl methyl sites for hydroxylation is 1. The molecule has 26 heavy (non-hydrogen) atoms. The third-order valence-electron chi connectivity index (χ3n) is 4.26. The molecular weight excluding hydrogens is 332 g/mol. The summed E-state index contributed by atoms with van der Waals surface area (Å²) in [6.45, 7) is 1.87. The van der Waals surface area contributed by atoms with Crippen molar-refractivity contribution in [2.45, 2.75) is 6.92 Å². The third-order valence-corrected chi connectivity index (χ3v) is 4.26. The number of ether oxygens (including phenoxy) is 1. The summed E-state index contributed by atoms with van der Waals surface area (Å²) in [7, 11) is 1.55. The lowest BCUT2D eigenvalue weighted by atomic mass is 10.1. The normalized spacial score (nSPS) is 11.0. The van der Waals surface area contributed by atoms with Crippen LogP contribution >= 0.6 is 0 Å². The van der Waals surface area contributed by atoms with Crippen molar-refractivity contribution in [1.82, 2.24) is 4.98 Å². The van der Waals surface area contributed by atoms with Crippen molar-refractivity contribution >= 4 is 33.5 Å². The minimum Gasteiger partial charge on any atom is -0.493 e. The number of furan rings is 1. The van der Waals surface area contributed by atoms with Crippen LogP contribution in [-0.2, 0) is 0 Å². The first-order chi connectivity index (χ1) is 12.5. The molecule has 0 saturated heterocycles. The van der Waals surface area contributed by atoms with E-state index in [9.17, 15) is 9.59 Å². The van der Waals surface area contributed by atoms with E-state index in [2.05, 4.69) is 10.3 Å². The van der Waals surface area contributed by atoms with Gasteiger partial charge < -0.3 is 19.5 Å². The molecular formula is C20H16N2O4. The van der Waals surface area contributed by atoms with Gasteiger partial charge in [-0.3, -0.25) is 9.59 Å². The number of methoxy groups -OCH3 is 1. The number of hydrogen-bond acceptors (Lipinski definition) is 4. The van der Waals surface area contributed by atoms with Crippen molar-refractivity contribution in [2.75, 3.05) is 12.4 Å². The van der Waals surface area contributed by atoms with Crippen LogP contribution in [0, 0.1) is 6.92 Å². The summed E-state index contributed by atoms with van der Waals surface area (Å²) in [4.78, 5) is 27.0. The number of para-hydroxylation sites is 1. The Kier molecular flexibility index (Phi) is 3.73. The Hall–Kier alpha value is -3.54. The average Bonchev–Trinajstić information content (AvgIpc) is 3.05. The van der Waals surface area contributed by atoms with E-state index in [4.69, 9.17) is 9.15 Å². The lowest BCUT2D eigenvalue weighted by Gasteiger charge is -2.06. The fourth-order valence-electron chi connectivity index (χ4n) is 3.01. The van der Waals surface area contributed by atoms with Gasteiger partial charge in [0, 0.05) is 22.5 Å². The van der Waals surface area contributed by atoms with E-state index in [-0.39, 0.29) is 17.2 Å². The average molecular weight is 348 g/mol. The van der Waals surface area contributed by atoms with Gasteiger partial charge in [0.2, 0.25) is 5.56 Å². The van der Waals surface area contributed by atoms with Gasteiger partial charge in [-0.05, 0) is 36.8 Å². The molecule has 0 atom stereocenters. The summed E-state index contributed by atoms with van der Waals surface area (Å²) in [5, 5.41) is 4.50. The Morgan fingerprint density at radius 3 is 2.81 bits per heavy atom. The van der Waals surface area contributed by atoms with Crippen molar-refractivity contribution in [1.29, 1.82) is 0 Å². The van der Waals surface area contributed by atoms with E-state index < -0.39 is 0 Å². The molecule has 0 spiro atoms. The maximum atomic E-state index is 12.5. The molecule has 0 radical (unpaired) electrons. The Bertz CT molecular complexity index is 1200. The number of amides is 1. The van der Waals surface area contributed by atoms with Gasteiger partial charge in [-0.2, -0.15) is 0 Å². The fraction of sp³-hybridized carbons (Fsp3) is 0.100. The van der Waals surface area contributed by atoms with E-state index in [1.54, 1.807) is 37.4 Å². The van der Waals surface area contributed by atoms with Crippen LogP contribution in [0.1, 0.15) is 16.1 Å². The van der Waals surface area contributed by atoms with Gasteiger partial charge in [0.15, 0.2) is 17.1 Å². The zero-order valence-electron chi connectivity index (χ0n) is 14.3. The Labute approximate surface area is 148 Å². The second-order valence-electron chi connectivity index (χ2n) is 6.02. The molecule has 4 aromatic rings. The predicted octanol–water partition coefficient (Wildman–Crippen LogP) is 3.84. The molecule has 4 rings (SSSR count). The summed E-state index contributed by atoms with van der Waals surface area (Å²) in [6, 6.07) is 14.0. The first-order valence-corrected chi connectivity index (χ1v) is 8.07. The van der Waals surface area contributed by atoms with Crippen LogP contribution in [0.2, 0.25) is 0 Å². The van der Waals surface area contributed by atoms with Crippen LogP contribution in [0.3, 0.4) is 0 Å². The molecule has 0 unspecified atom stereocenters. The van der Waals surface area contributed by atoms with Crippen LogP contribution in [-0.4, -0.2) is 18.0 Å². The molecule has 2 aromatic carbocycles. The maximum Gasteiger partial charge on any atom is 0.291 e. The molecule has 0 saturated carbocycles. The van der Waals surface area contributed by atoms with Crippen LogP contribution in [0.15, 0.2) is 57.7 Å². The second kappa shape index (κ2) is 6.07. The van der Waals surface area contributed by atoms with Gasteiger partial charge in [0.25, 0.3) is 5.91 Å². The molecule has 0 fully saturated rings. The standard InChI is InChI=1S/C20H16N2O4/c1-11-8-18(23)22-15-10-13(6-7-14(11)15)21-20(24)17-9-12-4-3-5-16(25-2)19(12)26-17/h3-10H,1-2H3,(H,21,24)(H,22,23). The maximum absolute atomic E-state index is 12.5. The second-order valence-corrected chi connectivity index (χ2v) is 6.02. The van der Waals surface area contributed by atoms with Gasteiger partial charge in [-0.1, -0.05) is 18.2 Å². The molecule has 1 amide bonds. The first-order valence-electron chi connectivity index (χ1n) is 8.07. The van der Waals surface area contributed by atoms with Crippen molar-refractivity contribution < 1.29 is 13.9 Å². The summed E-state index contributed by atoms with van der Waals surface area (Å²) in [5.74, 6) is 0.375. The number of hydrogen-bond donors (Lipinski definition) is 2. The monoisotopic (exact) mass is 348 g/mol. The zero-order valence-corrected chi connectivity index (χ0v) is 14.3. The number of aromatic amines is 1. The molecule has 6 nitrogen and oxygen atoms in total. The highest BCUT2D eigenvalue weighted by Gasteiger charge is 2.15. The third kappa shape index (κ3) is 2.71. The molecule has 0 bridgehead atoms. The molecule has 0 aliphatic heterocycles. The highest BCUT2D eigenvalue weighted by atomic mass is 16.5. The smallest absolute Gasteiger partial charge is 0.291 e. The molecule has 0 aliphatic carbocycles. The number of aromatic nitrogens is 1. The van der Waals surface area contributed by atoms with E-state index in [1.165, 1.54) is 0 Å². The minimum absolute atomic E-state index is 0.178. The molecule has 2 N–H and O–H groups in total. The first kappa shape index (κ1) is 16.0. The number of carbonyl (C=O) groups is 1. The number of carbonyl (C=O) groups excluding carboxylic acids is 1. The summed E-state index contributed by atoms with van der Waals surface area (Å²) in [6.07, 6.45) is 0. The predicted molar refractivity (Wildman–Crippen MR) is 100 cm³/mol. The van der Waals surface area contributed by atoms with E-state index in [1.807, 2.05) is 25.1 Å². The van der Waals surface area contributed by atoms with Crippen molar-refractivity contribution in [3.63, 3.8) is 0 Å². The largest absolute Gasteiger partial charge is 0.493 e. The Morgan fingerprint density at radius 1 is 1.15 bits per heavy atom. The SMILES string of the molecule is COc1cccc2cc(C(=O)Nc3ccc4c(C)cc(=O)[nH]c4c3)oc12. The van der Waals surface area contributed by atoms with E-state index in [0.717, 1.165) is 16.3 Å². The molecule has 6 heteroatoms. The topological polar surface area (TPSA) is 84.3 Å². The van der Waals surface area contributed by atoms with Crippen LogP contribution in [0.4, 0.5) is 5.69 Å². The highest BCUT2D eigenvalue weighted by molar-refractivity contribution is 6.05. The van der Waals surface area contributed by atoms with Gasteiger partial charge in [-0.25, -0.2) is 0 Å². The number of benzene rings is 2. The van der Waals surface area contributed by atoms with Crippen LogP contribution in [0.25, 0.3) is 21.9 Å². The number of pyridine rings is 1. The lowest BCUT2D eigenvalue weighted by Crippen LogP contribution is -2.11. The number of anilines is 1. The van der Waals surface area contributed by atoms with Crippen LogP contribution in [0.5, 0.6) is 5.75 Å². The zero-order chi connectivity index (χ0) is 18.3. The Balaban J connectivity index is 1.68. The molecule has 2 heterocycles. The number of rotatable bonds is 3. The minimum atomic E-state index is -0.377.